The van der Waals surface area contributed by atoms with Crippen molar-refractivity contribution in [3.05, 3.63) is 112 Å². The van der Waals surface area contributed by atoms with Crippen molar-refractivity contribution in [3.63, 3.8) is 0 Å². The lowest BCUT2D eigenvalue weighted by Gasteiger charge is -2.26. The normalized spacial score (nSPS) is 11.0. The van der Waals surface area contributed by atoms with Crippen molar-refractivity contribution in [2.45, 2.75) is 6.92 Å². The number of nitrogens with zero attached hydrogens (tertiary/aromatic N) is 1. The largest absolute Gasteiger partial charge is 0.310 e. The molecule has 0 aliphatic rings. The van der Waals surface area contributed by atoms with E-state index in [1.807, 2.05) is 0 Å². The number of thiophene rings is 1. The van der Waals surface area contributed by atoms with Crippen LogP contribution in [0.1, 0.15) is 16.7 Å². The maximum absolute atomic E-state index is 2.29. The highest BCUT2D eigenvalue weighted by molar-refractivity contribution is 7.08. The summed E-state index contributed by atoms with van der Waals surface area (Å²) in [5, 5.41) is 4.26. The Balaban J connectivity index is 1.72. The second-order valence-electron chi connectivity index (χ2n) is 6.44. The van der Waals surface area contributed by atoms with E-state index in [1.54, 1.807) is 11.3 Å². The predicted molar refractivity (Wildman–Crippen MR) is 119 cm³/mol. The third-order valence-corrected chi connectivity index (χ3v) is 5.24. The Kier molecular flexibility index (Phi) is 5.17. The molecule has 1 aromatic heterocycles. The minimum absolute atomic E-state index is 1.16. The topological polar surface area (TPSA) is 3.24 Å². The molecule has 0 radical (unpaired) electrons. The van der Waals surface area contributed by atoms with E-state index in [-0.39, 0.29) is 0 Å². The zero-order valence-electron chi connectivity index (χ0n) is 15.2. The van der Waals surface area contributed by atoms with Gasteiger partial charge in [0.05, 0.1) is 0 Å². The maximum atomic E-state index is 2.29. The van der Waals surface area contributed by atoms with Crippen LogP contribution in [0.5, 0.6) is 0 Å². The molecule has 0 saturated heterocycles. The van der Waals surface area contributed by atoms with Gasteiger partial charge in [0.1, 0.15) is 0 Å². The van der Waals surface area contributed by atoms with Crippen molar-refractivity contribution in [2.24, 2.45) is 0 Å². The monoisotopic (exact) mass is 367 g/mol. The lowest BCUT2D eigenvalue weighted by molar-refractivity contribution is 1.27. The number of rotatable bonds is 5. The van der Waals surface area contributed by atoms with Gasteiger partial charge in [-0.2, -0.15) is 11.3 Å². The van der Waals surface area contributed by atoms with Gasteiger partial charge in [-0.05, 0) is 76.8 Å². The van der Waals surface area contributed by atoms with Crippen LogP contribution in [0, 0.1) is 6.92 Å². The molecule has 0 unspecified atom stereocenters. The summed E-state index contributed by atoms with van der Waals surface area (Å²) in [7, 11) is 0. The zero-order valence-corrected chi connectivity index (χ0v) is 16.1. The van der Waals surface area contributed by atoms with Crippen molar-refractivity contribution in [1.82, 2.24) is 0 Å². The summed E-state index contributed by atoms with van der Waals surface area (Å²) >= 11 is 1.72. The van der Waals surface area contributed by atoms with Crippen LogP contribution < -0.4 is 4.90 Å². The molecule has 1 nitrogen and oxygen atoms in total. The molecular formula is C25H21NS. The minimum atomic E-state index is 1.16. The van der Waals surface area contributed by atoms with Gasteiger partial charge in [-0.25, -0.2) is 0 Å². The van der Waals surface area contributed by atoms with E-state index in [2.05, 4.69) is 120 Å². The SMILES string of the molecule is Cc1cc(N(c2ccccc2)c2ccccc2)ccc1/C=C/c1ccsc1. The molecule has 1 heterocycles. The van der Waals surface area contributed by atoms with Crippen molar-refractivity contribution in [3.8, 4) is 0 Å². The standard InChI is InChI=1S/C25H21NS/c1-20-18-25(15-14-22(20)13-12-21-16-17-27-19-21)26(23-8-4-2-5-9-23)24-10-6-3-7-11-24/h2-19H,1H3/b13-12+. The van der Waals surface area contributed by atoms with Crippen molar-refractivity contribution >= 4 is 40.6 Å². The molecule has 0 aliphatic carbocycles. The van der Waals surface area contributed by atoms with E-state index in [0.29, 0.717) is 0 Å². The van der Waals surface area contributed by atoms with Gasteiger partial charge in [-0.3, -0.25) is 0 Å². The summed E-state index contributed by atoms with van der Waals surface area (Å²) in [5.41, 5.74) is 7.23. The second kappa shape index (κ2) is 8.07. The first kappa shape index (κ1) is 17.3. The van der Waals surface area contributed by atoms with Crippen LogP contribution in [-0.2, 0) is 0 Å². The van der Waals surface area contributed by atoms with E-state index in [4.69, 9.17) is 0 Å². The average Bonchev–Trinajstić information content (AvgIpc) is 3.23. The van der Waals surface area contributed by atoms with Crippen molar-refractivity contribution < 1.29 is 0 Å². The molecule has 0 atom stereocenters. The molecule has 2 heteroatoms. The Labute approximate surface area is 164 Å². The van der Waals surface area contributed by atoms with E-state index in [0.717, 1.165) is 17.1 Å². The highest BCUT2D eigenvalue weighted by atomic mass is 32.1. The first-order valence-electron chi connectivity index (χ1n) is 9.02. The smallest absolute Gasteiger partial charge is 0.0464 e. The van der Waals surface area contributed by atoms with E-state index < -0.39 is 0 Å². The minimum Gasteiger partial charge on any atom is -0.310 e. The molecule has 0 fully saturated rings. The Morgan fingerprint density at radius 2 is 1.37 bits per heavy atom. The first-order valence-corrected chi connectivity index (χ1v) is 9.97. The fraction of sp³-hybridized carbons (Fsp3) is 0.0400. The summed E-state index contributed by atoms with van der Waals surface area (Å²) < 4.78 is 0. The molecule has 3 aromatic carbocycles. The number of hydrogen-bond acceptors (Lipinski definition) is 2. The molecule has 0 spiro atoms. The Hall–Kier alpha value is -3.10. The first-order chi connectivity index (χ1) is 13.3. The van der Waals surface area contributed by atoms with Gasteiger partial charge < -0.3 is 4.90 Å². The van der Waals surface area contributed by atoms with Crippen LogP contribution in [0.15, 0.2) is 95.7 Å². The molecule has 0 amide bonds. The molecule has 0 N–H and O–H groups in total. The summed E-state index contributed by atoms with van der Waals surface area (Å²) in [6.07, 6.45) is 4.36. The molecule has 132 valence electrons. The molecule has 0 saturated carbocycles. The van der Waals surface area contributed by atoms with Crippen LogP contribution in [-0.4, -0.2) is 0 Å². The molecule has 27 heavy (non-hydrogen) atoms. The van der Waals surface area contributed by atoms with E-state index in [1.165, 1.54) is 16.7 Å². The lowest BCUT2D eigenvalue weighted by atomic mass is 10.1. The maximum Gasteiger partial charge on any atom is 0.0464 e. The third-order valence-electron chi connectivity index (χ3n) is 4.54. The lowest BCUT2D eigenvalue weighted by Crippen LogP contribution is -2.09. The molecule has 4 aromatic rings. The summed E-state index contributed by atoms with van der Waals surface area (Å²) in [6.45, 7) is 2.17. The molecule has 4 rings (SSSR count). The summed E-state index contributed by atoms with van der Waals surface area (Å²) in [5.74, 6) is 0. The molecule has 0 aliphatic heterocycles. The number of hydrogen-bond donors (Lipinski definition) is 0. The molecular weight excluding hydrogens is 346 g/mol. The number of anilines is 3. The summed E-state index contributed by atoms with van der Waals surface area (Å²) in [6, 6.07) is 29.8. The number of benzene rings is 3. The quantitative estimate of drug-likeness (QED) is 0.349. The van der Waals surface area contributed by atoms with E-state index >= 15 is 0 Å². The van der Waals surface area contributed by atoms with Crippen LogP contribution >= 0.6 is 11.3 Å². The van der Waals surface area contributed by atoms with Gasteiger partial charge in [-0.1, -0.05) is 54.6 Å². The van der Waals surface area contributed by atoms with Crippen LogP contribution in [0.2, 0.25) is 0 Å². The van der Waals surface area contributed by atoms with E-state index in [9.17, 15) is 0 Å². The van der Waals surface area contributed by atoms with Gasteiger partial charge in [0.2, 0.25) is 0 Å². The fourth-order valence-corrected chi connectivity index (χ4v) is 3.77. The van der Waals surface area contributed by atoms with Crippen molar-refractivity contribution in [2.75, 3.05) is 4.90 Å². The van der Waals surface area contributed by atoms with Crippen LogP contribution in [0.3, 0.4) is 0 Å². The van der Waals surface area contributed by atoms with Crippen LogP contribution in [0.4, 0.5) is 17.1 Å². The highest BCUT2D eigenvalue weighted by Crippen LogP contribution is 2.35. The van der Waals surface area contributed by atoms with Gasteiger partial charge in [0, 0.05) is 17.1 Å². The predicted octanol–water partition coefficient (Wildman–Crippen LogP) is 7.70. The number of aryl methyl sites for hydroxylation is 1. The van der Waals surface area contributed by atoms with Crippen LogP contribution in [0.25, 0.3) is 12.2 Å². The average molecular weight is 368 g/mol. The Morgan fingerprint density at radius 1 is 0.704 bits per heavy atom. The molecule has 0 bridgehead atoms. The third kappa shape index (κ3) is 4.02. The Bertz CT molecular complexity index is 979. The fourth-order valence-electron chi connectivity index (χ4n) is 3.14. The Morgan fingerprint density at radius 3 is 1.93 bits per heavy atom. The number of para-hydroxylation sites is 2. The van der Waals surface area contributed by atoms with Gasteiger partial charge in [-0.15, -0.1) is 0 Å². The second-order valence-corrected chi connectivity index (χ2v) is 7.22. The van der Waals surface area contributed by atoms with Gasteiger partial charge in [0.15, 0.2) is 0 Å². The highest BCUT2D eigenvalue weighted by Gasteiger charge is 2.12. The van der Waals surface area contributed by atoms with Gasteiger partial charge >= 0.3 is 0 Å². The van der Waals surface area contributed by atoms with Crippen molar-refractivity contribution in [1.29, 1.82) is 0 Å². The van der Waals surface area contributed by atoms with Gasteiger partial charge in [0.25, 0.3) is 0 Å². The summed E-state index contributed by atoms with van der Waals surface area (Å²) in [4.78, 5) is 2.29. The zero-order chi connectivity index (χ0) is 18.5.